The Kier molecular flexibility index (Phi) is 5.85. The Morgan fingerprint density at radius 1 is 1.21 bits per heavy atom. The van der Waals surface area contributed by atoms with E-state index in [1.807, 2.05) is 6.92 Å². The van der Waals surface area contributed by atoms with Gasteiger partial charge in [0.15, 0.2) is 0 Å². The third kappa shape index (κ3) is 4.63. The summed E-state index contributed by atoms with van der Waals surface area (Å²) in [4.78, 5) is 29.0. The molecule has 0 radical (unpaired) electrons. The molecule has 3 rings (SSSR count). The van der Waals surface area contributed by atoms with Gasteiger partial charge in [-0.25, -0.2) is 10.4 Å². The van der Waals surface area contributed by atoms with Gasteiger partial charge in [-0.05, 0) is 50.2 Å². The van der Waals surface area contributed by atoms with Crippen molar-refractivity contribution in [3.8, 4) is 16.3 Å². The second-order valence-electron chi connectivity index (χ2n) is 5.88. The fourth-order valence-corrected chi connectivity index (χ4v) is 3.37. The first-order valence-corrected chi connectivity index (χ1v) is 9.17. The van der Waals surface area contributed by atoms with Crippen LogP contribution in [0.1, 0.15) is 23.3 Å². The van der Waals surface area contributed by atoms with Gasteiger partial charge in [0.2, 0.25) is 0 Å². The predicted molar refractivity (Wildman–Crippen MR) is 105 cm³/mol. The molecule has 0 fully saturated rings. The summed E-state index contributed by atoms with van der Waals surface area (Å²) in [5.41, 5.74) is 4.40. The van der Waals surface area contributed by atoms with Gasteiger partial charge in [-0.15, -0.1) is 11.3 Å². The third-order valence-corrected chi connectivity index (χ3v) is 5.09. The Balaban J connectivity index is 1.63. The fraction of sp³-hybridized carbons (Fsp3) is 0.158. The molecule has 0 aliphatic rings. The molecule has 28 heavy (non-hydrogen) atoms. The first kappa shape index (κ1) is 19.3. The number of phenolic OH excluding ortho intramolecular Hbond substituents is 1. The summed E-state index contributed by atoms with van der Waals surface area (Å²) >= 11 is 1.41. The summed E-state index contributed by atoms with van der Waals surface area (Å²) in [6, 6.07) is 10.1. The van der Waals surface area contributed by atoms with Crippen LogP contribution in [0, 0.1) is 6.92 Å². The van der Waals surface area contributed by atoms with E-state index in [2.05, 4.69) is 20.8 Å². The summed E-state index contributed by atoms with van der Waals surface area (Å²) in [6.45, 7) is 3.68. The number of aryl methyl sites for hydroxylation is 1. The van der Waals surface area contributed by atoms with Gasteiger partial charge in [0.1, 0.15) is 16.5 Å². The largest absolute Gasteiger partial charge is 0.508 e. The molecule has 0 aliphatic heterocycles. The molecule has 0 aliphatic carbocycles. The van der Waals surface area contributed by atoms with E-state index in [0.717, 1.165) is 21.1 Å². The lowest BCUT2D eigenvalue weighted by Crippen LogP contribution is -2.37. The summed E-state index contributed by atoms with van der Waals surface area (Å²) in [5.74, 6) is -0.948. The van der Waals surface area contributed by atoms with Gasteiger partial charge in [0, 0.05) is 5.56 Å². The minimum atomic E-state index is -0.869. The van der Waals surface area contributed by atoms with Crippen LogP contribution < -0.4 is 10.7 Å². The lowest BCUT2D eigenvalue weighted by atomic mass is 10.2. The van der Waals surface area contributed by atoms with Crippen molar-refractivity contribution in [2.75, 3.05) is 0 Å². The molecule has 2 heterocycles. The van der Waals surface area contributed by atoms with Crippen LogP contribution in [-0.2, 0) is 16.1 Å². The number of nitrogens with zero attached hydrogens (tertiary/aromatic N) is 2. The average molecular weight is 398 g/mol. The van der Waals surface area contributed by atoms with E-state index in [1.165, 1.54) is 17.6 Å². The molecule has 0 unspecified atom stereocenters. The maximum atomic E-state index is 11.9. The zero-order valence-corrected chi connectivity index (χ0v) is 16.0. The fourth-order valence-electron chi connectivity index (χ4n) is 2.36. The molecule has 1 aromatic carbocycles. The number of aromatic nitrogens is 1. The molecular weight excluding hydrogens is 380 g/mol. The first-order valence-electron chi connectivity index (χ1n) is 8.36. The Morgan fingerprint density at radius 2 is 1.96 bits per heavy atom. The van der Waals surface area contributed by atoms with E-state index in [0.29, 0.717) is 11.5 Å². The number of rotatable bonds is 5. The number of benzene rings is 1. The highest BCUT2D eigenvalue weighted by Crippen LogP contribution is 2.29. The highest BCUT2D eigenvalue weighted by molar-refractivity contribution is 7.17. The Hall–Kier alpha value is -3.46. The molecule has 3 aromatic rings. The van der Waals surface area contributed by atoms with Gasteiger partial charge in [-0.1, -0.05) is 0 Å². The van der Waals surface area contributed by atoms with Crippen molar-refractivity contribution in [1.29, 1.82) is 0 Å². The number of phenols is 1. The van der Waals surface area contributed by atoms with Gasteiger partial charge in [0.25, 0.3) is 0 Å². The van der Waals surface area contributed by atoms with Gasteiger partial charge >= 0.3 is 11.8 Å². The maximum absolute atomic E-state index is 11.9. The van der Waals surface area contributed by atoms with E-state index in [-0.39, 0.29) is 12.3 Å². The Morgan fingerprint density at radius 3 is 2.64 bits per heavy atom. The number of hydrazone groups is 1. The van der Waals surface area contributed by atoms with Crippen molar-refractivity contribution in [3.63, 3.8) is 0 Å². The van der Waals surface area contributed by atoms with E-state index >= 15 is 0 Å². The normalized spacial score (nSPS) is 11.3. The van der Waals surface area contributed by atoms with Gasteiger partial charge < -0.3 is 14.8 Å². The number of amides is 2. The Bertz CT molecular complexity index is 1010. The highest BCUT2D eigenvalue weighted by Gasteiger charge is 2.15. The quantitative estimate of drug-likeness (QED) is 0.347. The zero-order valence-electron chi connectivity index (χ0n) is 15.2. The maximum Gasteiger partial charge on any atom is 0.329 e. The van der Waals surface area contributed by atoms with Crippen molar-refractivity contribution in [2.24, 2.45) is 5.10 Å². The molecule has 3 N–H and O–H groups in total. The summed E-state index contributed by atoms with van der Waals surface area (Å²) in [5, 5.41) is 16.6. The molecule has 9 heteroatoms. The highest BCUT2D eigenvalue weighted by atomic mass is 32.1. The minimum absolute atomic E-state index is 0.117. The van der Waals surface area contributed by atoms with E-state index < -0.39 is 11.8 Å². The van der Waals surface area contributed by atoms with E-state index in [4.69, 9.17) is 4.42 Å². The summed E-state index contributed by atoms with van der Waals surface area (Å²) in [7, 11) is 0. The molecular formula is C19H18N4O4S. The predicted octanol–water partition coefficient (Wildman–Crippen LogP) is 2.57. The number of furan rings is 1. The van der Waals surface area contributed by atoms with Crippen LogP contribution in [0.4, 0.5) is 0 Å². The van der Waals surface area contributed by atoms with Crippen LogP contribution in [0.2, 0.25) is 0 Å². The molecule has 0 bridgehead atoms. The summed E-state index contributed by atoms with van der Waals surface area (Å²) in [6.07, 6.45) is 1.49. The number of thiazole rings is 1. The van der Waals surface area contributed by atoms with E-state index in [9.17, 15) is 14.7 Å². The van der Waals surface area contributed by atoms with Gasteiger partial charge in [-0.2, -0.15) is 5.10 Å². The van der Waals surface area contributed by atoms with Crippen molar-refractivity contribution >= 4 is 28.9 Å². The summed E-state index contributed by atoms with van der Waals surface area (Å²) < 4.78 is 5.08. The van der Waals surface area contributed by atoms with Crippen LogP contribution in [0.5, 0.6) is 5.75 Å². The van der Waals surface area contributed by atoms with Crippen LogP contribution in [0.15, 0.2) is 52.2 Å². The SMILES string of the molecule is C/C(=N\NC(=O)C(=O)NCc1ccco1)c1sc(-c2ccc(O)cc2)nc1C. The molecule has 0 atom stereocenters. The average Bonchev–Trinajstić information content (AvgIpc) is 3.34. The Labute approximate surface area is 164 Å². The van der Waals surface area contributed by atoms with Crippen molar-refractivity contribution < 1.29 is 19.1 Å². The van der Waals surface area contributed by atoms with Crippen LogP contribution in [-0.4, -0.2) is 27.6 Å². The monoisotopic (exact) mass is 398 g/mol. The number of hydrogen-bond acceptors (Lipinski definition) is 7. The molecule has 2 amide bonds. The van der Waals surface area contributed by atoms with Gasteiger partial charge in [-0.3, -0.25) is 9.59 Å². The topological polar surface area (TPSA) is 117 Å². The van der Waals surface area contributed by atoms with Gasteiger partial charge in [0.05, 0.1) is 29.1 Å². The number of carbonyl (C=O) groups is 2. The minimum Gasteiger partial charge on any atom is -0.508 e. The smallest absolute Gasteiger partial charge is 0.329 e. The van der Waals surface area contributed by atoms with Crippen LogP contribution in [0.25, 0.3) is 10.6 Å². The van der Waals surface area contributed by atoms with Crippen molar-refractivity contribution in [3.05, 3.63) is 59.0 Å². The number of aromatic hydroxyl groups is 1. The molecule has 0 saturated heterocycles. The zero-order chi connectivity index (χ0) is 20.1. The molecule has 8 nitrogen and oxygen atoms in total. The standard InChI is InChI=1S/C19H18N4O4S/c1-11-16(28-19(21-11)13-5-7-14(24)8-6-13)12(2)22-23-18(26)17(25)20-10-15-4-3-9-27-15/h3-9,24H,10H2,1-2H3,(H,20,25)(H,23,26)/b22-12+. The number of hydrogen-bond donors (Lipinski definition) is 3. The lowest BCUT2D eigenvalue weighted by Gasteiger charge is -2.03. The number of carbonyl (C=O) groups excluding carboxylic acids is 2. The number of nitrogens with one attached hydrogen (secondary N) is 2. The molecule has 2 aromatic heterocycles. The third-order valence-electron chi connectivity index (χ3n) is 3.77. The second-order valence-corrected chi connectivity index (χ2v) is 6.88. The molecule has 0 spiro atoms. The van der Waals surface area contributed by atoms with Crippen molar-refractivity contribution in [2.45, 2.75) is 20.4 Å². The van der Waals surface area contributed by atoms with Crippen LogP contribution in [0.3, 0.4) is 0 Å². The molecule has 0 saturated carbocycles. The molecule has 144 valence electrons. The van der Waals surface area contributed by atoms with E-state index in [1.54, 1.807) is 43.3 Å². The lowest BCUT2D eigenvalue weighted by molar-refractivity contribution is -0.139. The first-order chi connectivity index (χ1) is 13.4. The van der Waals surface area contributed by atoms with Crippen molar-refractivity contribution in [1.82, 2.24) is 15.7 Å². The van der Waals surface area contributed by atoms with Crippen LogP contribution >= 0.6 is 11.3 Å². The second kappa shape index (κ2) is 8.49.